The van der Waals surface area contributed by atoms with E-state index < -0.39 is 12.0 Å². The number of nitrogens with two attached hydrogens (primary N) is 3. The molecule has 17 heavy (non-hydrogen) atoms. The molecule has 0 spiro atoms. The van der Waals surface area contributed by atoms with Gasteiger partial charge in [0.2, 0.25) is 0 Å². The lowest BCUT2D eigenvalue weighted by Gasteiger charge is -2.10. The van der Waals surface area contributed by atoms with Crippen LogP contribution in [0.4, 0.5) is 16.2 Å². The van der Waals surface area contributed by atoms with Gasteiger partial charge in [-0.3, -0.25) is 4.79 Å². The monoisotopic (exact) mass is 238 g/mol. The van der Waals surface area contributed by atoms with Gasteiger partial charge in [0.05, 0.1) is 5.56 Å². The lowest BCUT2D eigenvalue weighted by Crippen LogP contribution is -2.20. The molecule has 0 bridgehead atoms. The fourth-order valence-electron chi connectivity index (χ4n) is 1.26. The van der Waals surface area contributed by atoms with Crippen molar-refractivity contribution in [1.82, 2.24) is 0 Å². The summed E-state index contributed by atoms with van der Waals surface area (Å²) >= 11 is 0. The van der Waals surface area contributed by atoms with E-state index in [2.05, 4.69) is 10.1 Å². The number of primary amides is 2. The maximum atomic E-state index is 11.1. The first kappa shape index (κ1) is 12.6. The van der Waals surface area contributed by atoms with Crippen molar-refractivity contribution in [1.29, 1.82) is 0 Å². The van der Waals surface area contributed by atoms with Crippen LogP contribution in [0.15, 0.2) is 18.2 Å². The lowest BCUT2D eigenvalue weighted by atomic mass is 10.1. The van der Waals surface area contributed by atoms with Gasteiger partial charge in [-0.15, -0.1) is 0 Å². The molecule has 0 aromatic heterocycles. The maximum Gasteiger partial charge on any atom is 0.404 e. The van der Waals surface area contributed by atoms with Crippen LogP contribution in [0.3, 0.4) is 0 Å². The number of rotatable bonds is 5. The van der Waals surface area contributed by atoms with Crippen molar-refractivity contribution in [3.8, 4) is 0 Å². The minimum atomic E-state index is -0.848. The number of anilines is 2. The van der Waals surface area contributed by atoms with Gasteiger partial charge in [-0.05, 0) is 18.2 Å². The predicted octanol–water partition coefficient (Wildman–Crippen LogP) is -0.125. The molecule has 92 valence electrons. The van der Waals surface area contributed by atoms with E-state index in [4.69, 9.17) is 17.2 Å². The van der Waals surface area contributed by atoms with Crippen LogP contribution in [0.25, 0.3) is 0 Å². The van der Waals surface area contributed by atoms with Crippen molar-refractivity contribution in [3.63, 3.8) is 0 Å². The minimum absolute atomic E-state index is 0.0952. The van der Waals surface area contributed by atoms with Crippen molar-refractivity contribution < 1.29 is 14.3 Å². The van der Waals surface area contributed by atoms with E-state index in [1.54, 1.807) is 12.1 Å². The molecule has 2 amide bonds. The first-order valence-corrected chi connectivity index (χ1v) is 4.86. The number of nitrogens with one attached hydrogen (secondary N) is 1. The largest absolute Gasteiger partial charge is 0.448 e. The summed E-state index contributed by atoms with van der Waals surface area (Å²) in [6.45, 7) is 0.408. The molecule has 0 saturated carbocycles. The number of amides is 2. The molecule has 0 atom stereocenters. The smallest absolute Gasteiger partial charge is 0.404 e. The third kappa shape index (κ3) is 3.90. The molecule has 1 aromatic rings. The Bertz CT molecular complexity index is 434. The Hall–Kier alpha value is -2.44. The number of nitrogen functional groups attached to an aromatic ring is 1. The summed E-state index contributed by atoms with van der Waals surface area (Å²) in [6.07, 6.45) is -0.848. The second-order valence-electron chi connectivity index (χ2n) is 3.26. The fourth-order valence-corrected chi connectivity index (χ4v) is 1.26. The van der Waals surface area contributed by atoms with Gasteiger partial charge in [0.1, 0.15) is 6.61 Å². The molecule has 1 aromatic carbocycles. The zero-order valence-electron chi connectivity index (χ0n) is 9.10. The van der Waals surface area contributed by atoms with Crippen LogP contribution < -0.4 is 22.5 Å². The standard InChI is InChI=1S/C10H14N4O3/c11-6-1-2-8(7(5-6)9(12)15)14-3-4-17-10(13)16/h1-2,5,14H,3-4,11H2,(H2,12,15)(H2,13,16). The van der Waals surface area contributed by atoms with Crippen molar-refractivity contribution in [3.05, 3.63) is 23.8 Å². The molecule has 0 fully saturated rings. The van der Waals surface area contributed by atoms with Gasteiger partial charge in [-0.25, -0.2) is 4.79 Å². The topological polar surface area (TPSA) is 133 Å². The highest BCUT2D eigenvalue weighted by molar-refractivity contribution is 5.99. The highest BCUT2D eigenvalue weighted by atomic mass is 16.5. The van der Waals surface area contributed by atoms with Crippen molar-refractivity contribution in [2.45, 2.75) is 0 Å². The Balaban J connectivity index is 2.64. The third-order valence-corrected chi connectivity index (χ3v) is 1.97. The number of benzene rings is 1. The molecular formula is C10H14N4O3. The molecule has 0 aliphatic rings. The fraction of sp³-hybridized carbons (Fsp3) is 0.200. The van der Waals surface area contributed by atoms with Crippen LogP contribution in [0, 0.1) is 0 Å². The first-order valence-electron chi connectivity index (χ1n) is 4.86. The highest BCUT2D eigenvalue weighted by Crippen LogP contribution is 2.17. The van der Waals surface area contributed by atoms with Crippen molar-refractivity contribution >= 4 is 23.4 Å². The maximum absolute atomic E-state index is 11.1. The summed E-state index contributed by atoms with van der Waals surface area (Å²) in [6, 6.07) is 4.73. The Kier molecular flexibility index (Phi) is 4.15. The molecule has 0 saturated heterocycles. The molecule has 0 unspecified atom stereocenters. The van der Waals surface area contributed by atoms with Crippen LogP contribution in [-0.4, -0.2) is 25.2 Å². The van der Waals surface area contributed by atoms with Crippen LogP contribution >= 0.6 is 0 Å². The first-order chi connectivity index (χ1) is 8.00. The summed E-state index contributed by atoms with van der Waals surface area (Å²) in [5.74, 6) is -0.587. The molecule has 0 aliphatic carbocycles. The van der Waals surface area contributed by atoms with E-state index in [-0.39, 0.29) is 12.2 Å². The van der Waals surface area contributed by atoms with Crippen molar-refractivity contribution in [2.75, 3.05) is 24.2 Å². The Morgan fingerprint density at radius 1 is 1.29 bits per heavy atom. The van der Waals surface area contributed by atoms with Crippen LogP contribution in [0.5, 0.6) is 0 Å². The number of hydrogen-bond acceptors (Lipinski definition) is 5. The third-order valence-electron chi connectivity index (χ3n) is 1.97. The number of hydrogen-bond donors (Lipinski definition) is 4. The molecule has 0 heterocycles. The summed E-state index contributed by atoms with van der Waals surface area (Å²) < 4.78 is 4.52. The average molecular weight is 238 g/mol. The van der Waals surface area contributed by atoms with Crippen LogP contribution in [0.2, 0.25) is 0 Å². The Morgan fingerprint density at radius 2 is 2.00 bits per heavy atom. The average Bonchev–Trinajstić information content (AvgIpc) is 2.25. The van der Waals surface area contributed by atoms with Gasteiger partial charge < -0.3 is 27.3 Å². The second-order valence-corrected chi connectivity index (χ2v) is 3.26. The zero-order chi connectivity index (χ0) is 12.8. The van der Waals surface area contributed by atoms with Crippen molar-refractivity contribution in [2.24, 2.45) is 11.5 Å². The molecule has 0 radical (unpaired) electrons. The molecule has 7 nitrogen and oxygen atoms in total. The van der Waals surface area contributed by atoms with Gasteiger partial charge in [-0.2, -0.15) is 0 Å². The Morgan fingerprint density at radius 3 is 2.59 bits per heavy atom. The summed E-state index contributed by atoms with van der Waals surface area (Å²) in [5, 5.41) is 2.89. The summed E-state index contributed by atoms with van der Waals surface area (Å²) in [7, 11) is 0. The summed E-state index contributed by atoms with van der Waals surface area (Å²) in [5.41, 5.74) is 16.8. The number of carbonyl (C=O) groups excluding carboxylic acids is 2. The highest BCUT2D eigenvalue weighted by Gasteiger charge is 2.08. The van der Waals surface area contributed by atoms with E-state index in [9.17, 15) is 9.59 Å². The van der Waals surface area contributed by atoms with Crippen LogP contribution in [0.1, 0.15) is 10.4 Å². The van der Waals surface area contributed by atoms with Gasteiger partial charge in [-0.1, -0.05) is 0 Å². The van der Waals surface area contributed by atoms with Gasteiger partial charge in [0.15, 0.2) is 0 Å². The molecule has 1 rings (SSSR count). The summed E-state index contributed by atoms with van der Waals surface area (Å²) in [4.78, 5) is 21.4. The van der Waals surface area contributed by atoms with E-state index in [0.717, 1.165) is 0 Å². The van der Waals surface area contributed by atoms with E-state index in [1.807, 2.05) is 0 Å². The number of carbonyl (C=O) groups is 2. The minimum Gasteiger partial charge on any atom is -0.448 e. The molecular weight excluding hydrogens is 224 g/mol. The van der Waals surface area contributed by atoms with Gasteiger partial charge >= 0.3 is 6.09 Å². The number of ether oxygens (including phenoxy) is 1. The van der Waals surface area contributed by atoms with Crippen LogP contribution in [-0.2, 0) is 4.74 Å². The second kappa shape index (κ2) is 5.59. The SMILES string of the molecule is NC(=O)OCCNc1ccc(N)cc1C(N)=O. The molecule has 7 heteroatoms. The predicted molar refractivity (Wildman–Crippen MR) is 63.4 cm³/mol. The lowest BCUT2D eigenvalue weighted by molar-refractivity contribution is 0.100. The Labute approximate surface area is 97.9 Å². The zero-order valence-corrected chi connectivity index (χ0v) is 9.10. The van der Waals surface area contributed by atoms with Gasteiger partial charge in [0.25, 0.3) is 5.91 Å². The van der Waals surface area contributed by atoms with E-state index in [0.29, 0.717) is 17.9 Å². The molecule has 7 N–H and O–H groups in total. The quantitative estimate of drug-likeness (QED) is 0.419. The van der Waals surface area contributed by atoms with Gasteiger partial charge in [0, 0.05) is 17.9 Å². The van der Waals surface area contributed by atoms with E-state index in [1.165, 1.54) is 6.07 Å². The van der Waals surface area contributed by atoms with E-state index >= 15 is 0 Å². The molecule has 0 aliphatic heterocycles. The normalized spacial score (nSPS) is 9.65.